The Morgan fingerprint density at radius 1 is 1.25 bits per heavy atom. The third-order valence-electron chi connectivity index (χ3n) is 3.21. The van der Waals surface area contributed by atoms with Crippen LogP contribution >= 0.6 is 0 Å². The van der Waals surface area contributed by atoms with Crippen molar-refractivity contribution in [1.29, 1.82) is 0 Å². The molecule has 1 atom stereocenters. The van der Waals surface area contributed by atoms with Gasteiger partial charge in [0.2, 0.25) is 0 Å². The van der Waals surface area contributed by atoms with Gasteiger partial charge in [-0.3, -0.25) is 4.79 Å². The number of benzene rings is 2. The predicted molar refractivity (Wildman–Crippen MR) is 78.5 cm³/mol. The van der Waals surface area contributed by atoms with Crippen LogP contribution in [-0.2, 0) is 0 Å². The average molecular weight is 270 g/mol. The van der Waals surface area contributed by atoms with Gasteiger partial charge in [-0.05, 0) is 30.2 Å². The zero-order chi connectivity index (χ0) is 14.5. The number of phenolic OH excluding ortho intramolecular Hbond substituents is 1. The van der Waals surface area contributed by atoms with Crippen molar-refractivity contribution in [2.24, 2.45) is 5.73 Å². The SMILES string of the molecule is Cc1ccc(C(=O)NC(CN)c2ccccc2)cc1O. The molecule has 0 aliphatic carbocycles. The first-order valence-electron chi connectivity index (χ1n) is 6.47. The van der Waals surface area contributed by atoms with E-state index in [4.69, 9.17) is 5.73 Å². The Balaban J connectivity index is 2.15. The molecular formula is C16H18N2O2. The van der Waals surface area contributed by atoms with E-state index in [1.54, 1.807) is 19.1 Å². The lowest BCUT2D eigenvalue weighted by atomic mass is 10.1. The molecule has 1 unspecified atom stereocenters. The Morgan fingerprint density at radius 3 is 2.55 bits per heavy atom. The molecule has 0 heterocycles. The lowest BCUT2D eigenvalue weighted by molar-refractivity contribution is 0.0937. The highest BCUT2D eigenvalue weighted by Crippen LogP contribution is 2.18. The second-order valence-electron chi connectivity index (χ2n) is 4.67. The van der Waals surface area contributed by atoms with Crippen molar-refractivity contribution in [3.63, 3.8) is 0 Å². The third-order valence-corrected chi connectivity index (χ3v) is 3.21. The van der Waals surface area contributed by atoms with Gasteiger partial charge < -0.3 is 16.2 Å². The van der Waals surface area contributed by atoms with Gasteiger partial charge in [-0.2, -0.15) is 0 Å². The zero-order valence-electron chi connectivity index (χ0n) is 11.3. The Morgan fingerprint density at radius 2 is 1.95 bits per heavy atom. The largest absolute Gasteiger partial charge is 0.508 e. The summed E-state index contributed by atoms with van der Waals surface area (Å²) in [5, 5.41) is 12.5. The maximum atomic E-state index is 12.2. The van der Waals surface area contributed by atoms with Gasteiger partial charge in [-0.1, -0.05) is 36.4 Å². The van der Waals surface area contributed by atoms with Gasteiger partial charge >= 0.3 is 0 Å². The topological polar surface area (TPSA) is 75.4 Å². The molecule has 4 N–H and O–H groups in total. The number of nitrogens with one attached hydrogen (secondary N) is 1. The van der Waals surface area contributed by atoms with Crippen LogP contribution in [-0.4, -0.2) is 17.6 Å². The molecule has 2 rings (SSSR count). The van der Waals surface area contributed by atoms with Crippen molar-refractivity contribution in [1.82, 2.24) is 5.32 Å². The van der Waals surface area contributed by atoms with E-state index in [-0.39, 0.29) is 17.7 Å². The molecule has 0 aromatic heterocycles. The van der Waals surface area contributed by atoms with Crippen LogP contribution in [0.5, 0.6) is 5.75 Å². The fraction of sp³-hybridized carbons (Fsp3) is 0.188. The number of carbonyl (C=O) groups is 1. The lowest BCUT2D eigenvalue weighted by Crippen LogP contribution is -2.33. The van der Waals surface area contributed by atoms with Crippen molar-refractivity contribution in [3.05, 3.63) is 65.2 Å². The Hall–Kier alpha value is -2.33. The van der Waals surface area contributed by atoms with Gasteiger partial charge in [0.15, 0.2) is 0 Å². The maximum absolute atomic E-state index is 12.2. The summed E-state index contributed by atoms with van der Waals surface area (Å²) in [6, 6.07) is 14.2. The van der Waals surface area contributed by atoms with Crippen molar-refractivity contribution < 1.29 is 9.90 Å². The summed E-state index contributed by atoms with van der Waals surface area (Å²) in [7, 11) is 0. The normalized spacial score (nSPS) is 11.9. The highest BCUT2D eigenvalue weighted by atomic mass is 16.3. The first kappa shape index (κ1) is 14.1. The molecule has 104 valence electrons. The van der Waals surface area contributed by atoms with Crippen LogP contribution < -0.4 is 11.1 Å². The molecule has 1 amide bonds. The number of rotatable bonds is 4. The minimum Gasteiger partial charge on any atom is -0.508 e. The van der Waals surface area contributed by atoms with Crippen LogP contribution in [0.2, 0.25) is 0 Å². The minimum absolute atomic E-state index is 0.113. The number of aryl methyl sites for hydroxylation is 1. The maximum Gasteiger partial charge on any atom is 0.251 e. The number of aromatic hydroxyl groups is 1. The predicted octanol–water partition coefficient (Wildman–Crippen LogP) is 2.13. The highest BCUT2D eigenvalue weighted by Gasteiger charge is 2.14. The first-order valence-corrected chi connectivity index (χ1v) is 6.47. The van der Waals surface area contributed by atoms with Gasteiger partial charge in [0.1, 0.15) is 5.75 Å². The van der Waals surface area contributed by atoms with Crippen molar-refractivity contribution in [2.45, 2.75) is 13.0 Å². The smallest absolute Gasteiger partial charge is 0.251 e. The summed E-state index contributed by atoms with van der Waals surface area (Å²) in [5.41, 5.74) is 7.83. The number of hydrogen-bond acceptors (Lipinski definition) is 3. The van der Waals surface area contributed by atoms with E-state index in [1.165, 1.54) is 6.07 Å². The van der Waals surface area contributed by atoms with E-state index < -0.39 is 0 Å². The molecule has 0 radical (unpaired) electrons. The van der Waals surface area contributed by atoms with Crippen LogP contribution in [0, 0.1) is 6.92 Å². The first-order chi connectivity index (χ1) is 9.61. The van der Waals surface area contributed by atoms with Crippen LogP contribution in [0.15, 0.2) is 48.5 Å². The second kappa shape index (κ2) is 6.21. The van der Waals surface area contributed by atoms with Crippen LogP contribution in [0.4, 0.5) is 0 Å². The van der Waals surface area contributed by atoms with Crippen molar-refractivity contribution in [2.75, 3.05) is 6.54 Å². The number of hydrogen-bond donors (Lipinski definition) is 3. The standard InChI is InChI=1S/C16H18N2O2/c1-11-7-8-13(9-15(11)19)16(20)18-14(10-17)12-5-3-2-4-6-12/h2-9,14,19H,10,17H2,1H3,(H,18,20). The summed E-state index contributed by atoms with van der Waals surface area (Å²) in [4.78, 5) is 12.2. The molecule has 0 spiro atoms. The molecule has 20 heavy (non-hydrogen) atoms. The lowest BCUT2D eigenvalue weighted by Gasteiger charge is -2.17. The molecule has 0 saturated heterocycles. The van der Waals surface area contributed by atoms with E-state index >= 15 is 0 Å². The molecule has 2 aromatic carbocycles. The van der Waals surface area contributed by atoms with Gasteiger partial charge in [0.25, 0.3) is 5.91 Å². The summed E-state index contributed by atoms with van der Waals surface area (Å²) < 4.78 is 0. The van der Waals surface area contributed by atoms with Crippen LogP contribution in [0.1, 0.15) is 27.5 Å². The van der Waals surface area contributed by atoms with E-state index in [0.29, 0.717) is 12.1 Å². The number of amides is 1. The summed E-state index contributed by atoms with van der Waals surface area (Å²) in [5.74, 6) is -0.138. The van der Waals surface area contributed by atoms with E-state index in [9.17, 15) is 9.90 Å². The number of carbonyl (C=O) groups excluding carboxylic acids is 1. The Bertz CT molecular complexity index is 597. The number of phenols is 1. The van der Waals surface area contributed by atoms with Crippen molar-refractivity contribution >= 4 is 5.91 Å². The van der Waals surface area contributed by atoms with Gasteiger partial charge in [0, 0.05) is 12.1 Å². The fourth-order valence-electron chi connectivity index (χ4n) is 1.96. The molecular weight excluding hydrogens is 252 g/mol. The molecule has 0 aliphatic heterocycles. The van der Waals surface area contributed by atoms with Gasteiger partial charge in [-0.25, -0.2) is 0 Å². The van der Waals surface area contributed by atoms with Gasteiger partial charge in [-0.15, -0.1) is 0 Å². The van der Waals surface area contributed by atoms with Gasteiger partial charge in [0.05, 0.1) is 6.04 Å². The molecule has 0 saturated carbocycles. The second-order valence-corrected chi connectivity index (χ2v) is 4.67. The zero-order valence-corrected chi connectivity index (χ0v) is 11.3. The Labute approximate surface area is 118 Å². The minimum atomic E-state index is -0.250. The van der Waals surface area contributed by atoms with Crippen LogP contribution in [0.25, 0.3) is 0 Å². The number of nitrogens with two attached hydrogens (primary N) is 1. The molecule has 2 aromatic rings. The summed E-state index contributed by atoms with van der Waals surface area (Å²) >= 11 is 0. The fourth-order valence-corrected chi connectivity index (χ4v) is 1.96. The quantitative estimate of drug-likeness (QED) is 0.796. The molecule has 4 heteroatoms. The molecule has 0 fully saturated rings. The highest BCUT2D eigenvalue weighted by molar-refractivity contribution is 5.95. The third kappa shape index (κ3) is 3.16. The summed E-state index contributed by atoms with van der Waals surface area (Å²) in [6.07, 6.45) is 0. The van der Waals surface area contributed by atoms with E-state index in [1.807, 2.05) is 30.3 Å². The molecule has 0 bridgehead atoms. The van der Waals surface area contributed by atoms with Crippen molar-refractivity contribution in [3.8, 4) is 5.75 Å². The van der Waals surface area contributed by atoms with Crippen LogP contribution in [0.3, 0.4) is 0 Å². The van der Waals surface area contributed by atoms with E-state index in [0.717, 1.165) is 11.1 Å². The monoisotopic (exact) mass is 270 g/mol. The molecule has 0 aliphatic rings. The van der Waals surface area contributed by atoms with E-state index in [2.05, 4.69) is 5.32 Å². The molecule has 4 nitrogen and oxygen atoms in total. The average Bonchev–Trinajstić information content (AvgIpc) is 2.48. The summed E-state index contributed by atoms with van der Waals surface area (Å²) in [6.45, 7) is 2.09. The Kier molecular flexibility index (Phi) is 4.38.